The summed E-state index contributed by atoms with van der Waals surface area (Å²) in [5.41, 5.74) is 2.20. The van der Waals surface area contributed by atoms with Crippen molar-refractivity contribution in [3.05, 3.63) is 83.3 Å². The third-order valence-electron chi connectivity index (χ3n) is 5.21. The van der Waals surface area contributed by atoms with E-state index in [0.717, 1.165) is 11.1 Å². The second-order valence-corrected chi connectivity index (χ2v) is 7.60. The lowest BCUT2D eigenvalue weighted by atomic mass is 10.0. The van der Waals surface area contributed by atoms with E-state index in [1.807, 2.05) is 12.1 Å². The van der Waals surface area contributed by atoms with Gasteiger partial charge >= 0.3 is 0 Å². The predicted molar refractivity (Wildman–Crippen MR) is 118 cm³/mol. The molecule has 4 aromatic rings. The number of fused-ring (bicyclic) bond motifs is 2. The zero-order valence-electron chi connectivity index (χ0n) is 17.9. The molecular weight excluding hydrogens is 438 g/mol. The van der Waals surface area contributed by atoms with Crippen LogP contribution in [0.2, 0.25) is 0 Å². The van der Waals surface area contributed by atoms with Crippen molar-refractivity contribution in [3.63, 3.8) is 0 Å². The molecule has 0 saturated carbocycles. The maximum Gasteiger partial charge on any atom is 0.270 e. The van der Waals surface area contributed by atoms with Crippen molar-refractivity contribution >= 4 is 23.2 Å². The number of nitrogens with one attached hydrogen (secondary N) is 2. The fourth-order valence-corrected chi connectivity index (χ4v) is 3.58. The number of Topliss-reactive ketones (excluding diaryl/α,β-unsaturated/α-hetero) is 1. The quantitative estimate of drug-likeness (QED) is 0.435. The molecule has 4 heterocycles. The van der Waals surface area contributed by atoms with Crippen LogP contribution in [0.5, 0.6) is 5.75 Å². The number of ether oxygens (including phenoxy) is 1. The Bertz CT molecular complexity index is 1400. The van der Waals surface area contributed by atoms with E-state index in [9.17, 15) is 14.4 Å². The molecule has 3 aromatic heterocycles. The minimum atomic E-state index is -0.450. The van der Waals surface area contributed by atoms with Crippen LogP contribution in [-0.2, 0) is 24.3 Å². The average molecular weight is 457 g/mol. The van der Waals surface area contributed by atoms with Crippen molar-refractivity contribution < 1.29 is 19.1 Å². The van der Waals surface area contributed by atoms with Crippen LogP contribution in [0.3, 0.4) is 0 Å². The van der Waals surface area contributed by atoms with E-state index >= 15 is 0 Å². The summed E-state index contributed by atoms with van der Waals surface area (Å²) >= 11 is 0. The molecule has 34 heavy (non-hydrogen) atoms. The van der Waals surface area contributed by atoms with Crippen molar-refractivity contribution in [1.29, 1.82) is 0 Å². The summed E-state index contributed by atoms with van der Waals surface area (Å²) in [7, 11) is 0. The number of carbonyl (C=O) groups is 3. The highest BCUT2D eigenvalue weighted by atomic mass is 16.5. The third kappa shape index (κ3) is 4.44. The standard InChI is InChI=1S/C23H19N7O4/c31-16-9-15-8-14(2-3-19(15)34-13-16)11-26-22(32)17-10-18(30-21(29-17)4-7-28-30)23(33)27-12-20-24-5-1-6-25-20/h1-8,10H,9,11-13H2,(H,26,32)(H,27,33). The fraction of sp³-hybridized carbons (Fsp3) is 0.174. The first kappa shape index (κ1) is 21.2. The molecule has 0 radical (unpaired) electrons. The van der Waals surface area contributed by atoms with E-state index in [1.165, 1.54) is 16.8 Å². The van der Waals surface area contributed by atoms with Gasteiger partial charge in [-0.3, -0.25) is 14.4 Å². The molecule has 0 fully saturated rings. The Morgan fingerprint density at radius 1 is 1.00 bits per heavy atom. The SMILES string of the molecule is O=C1COc2ccc(CNC(=O)c3cc(C(=O)NCc4ncccn4)n4nccc4n3)cc2C1. The smallest absolute Gasteiger partial charge is 0.270 e. The van der Waals surface area contributed by atoms with E-state index in [0.29, 0.717) is 23.6 Å². The molecular formula is C23H19N7O4. The minimum absolute atomic E-state index is 0.0108. The van der Waals surface area contributed by atoms with Crippen LogP contribution in [0.15, 0.2) is 55.0 Å². The molecule has 1 aromatic carbocycles. The maximum atomic E-state index is 12.8. The van der Waals surface area contributed by atoms with Gasteiger partial charge in [0.2, 0.25) is 0 Å². The third-order valence-corrected chi connectivity index (χ3v) is 5.21. The first-order chi connectivity index (χ1) is 16.6. The number of aromatic nitrogens is 5. The van der Waals surface area contributed by atoms with Crippen LogP contribution in [0.25, 0.3) is 5.65 Å². The van der Waals surface area contributed by atoms with Gasteiger partial charge in [-0.15, -0.1) is 0 Å². The van der Waals surface area contributed by atoms with Gasteiger partial charge in [0, 0.05) is 43.1 Å². The molecule has 11 heteroatoms. The van der Waals surface area contributed by atoms with Crippen molar-refractivity contribution in [1.82, 2.24) is 35.2 Å². The van der Waals surface area contributed by atoms with Crippen molar-refractivity contribution in [2.24, 2.45) is 0 Å². The number of hydrogen-bond donors (Lipinski definition) is 2. The van der Waals surface area contributed by atoms with Crippen molar-refractivity contribution in [2.45, 2.75) is 19.5 Å². The summed E-state index contributed by atoms with van der Waals surface area (Å²) in [6.07, 6.45) is 4.98. The van der Waals surface area contributed by atoms with E-state index in [-0.39, 0.29) is 36.9 Å². The largest absolute Gasteiger partial charge is 0.486 e. The van der Waals surface area contributed by atoms with Gasteiger partial charge in [0.1, 0.15) is 29.6 Å². The summed E-state index contributed by atoms with van der Waals surface area (Å²) in [5.74, 6) is 0.249. The zero-order chi connectivity index (χ0) is 23.5. The van der Waals surface area contributed by atoms with Gasteiger partial charge in [0.05, 0.1) is 12.7 Å². The van der Waals surface area contributed by atoms with E-state index < -0.39 is 11.8 Å². The molecule has 170 valence electrons. The van der Waals surface area contributed by atoms with Gasteiger partial charge in [-0.05, 0) is 23.8 Å². The lowest BCUT2D eigenvalue weighted by Crippen LogP contribution is -2.29. The molecule has 5 rings (SSSR count). The fourth-order valence-electron chi connectivity index (χ4n) is 3.58. The summed E-state index contributed by atoms with van der Waals surface area (Å²) in [4.78, 5) is 49.8. The first-order valence-corrected chi connectivity index (χ1v) is 10.5. The number of rotatable bonds is 6. The second-order valence-electron chi connectivity index (χ2n) is 7.60. The van der Waals surface area contributed by atoms with Crippen molar-refractivity contribution in [3.8, 4) is 5.75 Å². The van der Waals surface area contributed by atoms with E-state index in [4.69, 9.17) is 4.74 Å². The lowest BCUT2D eigenvalue weighted by Gasteiger charge is -2.17. The van der Waals surface area contributed by atoms with Crippen LogP contribution in [0, 0.1) is 0 Å². The van der Waals surface area contributed by atoms with Crippen LogP contribution >= 0.6 is 0 Å². The Morgan fingerprint density at radius 3 is 2.68 bits per heavy atom. The molecule has 2 N–H and O–H groups in total. The second kappa shape index (κ2) is 9.06. The number of benzene rings is 1. The van der Waals surface area contributed by atoms with Crippen LogP contribution in [0.1, 0.15) is 37.9 Å². The zero-order valence-corrected chi connectivity index (χ0v) is 17.9. The number of amides is 2. The highest BCUT2D eigenvalue weighted by molar-refractivity contribution is 5.98. The molecule has 0 unspecified atom stereocenters. The molecule has 0 atom stereocenters. The molecule has 2 amide bonds. The number of carbonyl (C=O) groups excluding carboxylic acids is 3. The van der Waals surface area contributed by atoms with Crippen LogP contribution < -0.4 is 15.4 Å². The summed E-state index contributed by atoms with van der Waals surface area (Å²) in [5, 5.41) is 9.66. The molecule has 1 aliphatic rings. The van der Waals surface area contributed by atoms with Crippen LogP contribution in [-0.4, -0.2) is 48.8 Å². The maximum absolute atomic E-state index is 12.8. The van der Waals surface area contributed by atoms with E-state index in [2.05, 4.69) is 30.7 Å². The average Bonchev–Trinajstić information content (AvgIpc) is 3.34. The summed E-state index contributed by atoms with van der Waals surface area (Å²) in [6.45, 7) is 0.427. The summed E-state index contributed by atoms with van der Waals surface area (Å²) in [6, 6.07) is 10.1. The number of nitrogens with zero attached hydrogens (tertiary/aromatic N) is 5. The molecule has 1 aliphatic heterocycles. The Hall–Kier alpha value is -4.67. The topological polar surface area (TPSA) is 140 Å². The van der Waals surface area contributed by atoms with Gasteiger partial charge in [-0.1, -0.05) is 6.07 Å². The van der Waals surface area contributed by atoms with Gasteiger partial charge < -0.3 is 15.4 Å². The normalized spacial score (nSPS) is 12.6. The monoisotopic (exact) mass is 457 g/mol. The molecule has 0 saturated heterocycles. The molecule has 0 aliphatic carbocycles. The van der Waals surface area contributed by atoms with Crippen LogP contribution in [0.4, 0.5) is 0 Å². The molecule has 11 nitrogen and oxygen atoms in total. The minimum Gasteiger partial charge on any atom is -0.486 e. The molecule has 0 spiro atoms. The highest BCUT2D eigenvalue weighted by Crippen LogP contribution is 2.24. The predicted octanol–water partition coefficient (Wildman–Crippen LogP) is 0.883. The van der Waals surface area contributed by atoms with Gasteiger partial charge in [0.25, 0.3) is 11.8 Å². The number of ketones is 1. The highest BCUT2D eigenvalue weighted by Gasteiger charge is 2.19. The first-order valence-electron chi connectivity index (χ1n) is 10.5. The summed E-state index contributed by atoms with van der Waals surface area (Å²) < 4.78 is 6.76. The Kier molecular flexibility index (Phi) is 5.65. The lowest BCUT2D eigenvalue weighted by molar-refractivity contribution is -0.121. The Labute approximate surface area is 193 Å². The van der Waals surface area contributed by atoms with Crippen molar-refractivity contribution in [2.75, 3.05) is 6.61 Å². The molecule has 0 bridgehead atoms. The Balaban J connectivity index is 1.31. The van der Waals surface area contributed by atoms with Gasteiger partial charge in [0.15, 0.2) is 11.4 Å². The van der Waals surface area contributed by atoms with E-state index in [1.54, 1.807) is 30.6 Å². The number of hydrogen-bond acceptors (Lipinski definition) is 8. The van der Waals surface area contributed by atoms with Gasteiger partial charge in [-0.2, -0.15) is 5.10 Å². The Morgan fingerprint density at radius 2 is 1.82 bits per heavy atom. The van der Waals surface area contributed by atoms with Gasteiger partial charge in [-0.25, -0.2) is 19.5 Å².